The summed E-state index contributed by atoms with van der Waals surface area (Å²) in [5.41, 5.74) is 1.01. The lowest BCUT2D eigenvalue weighted by Gasteiger charge is -2.26. The molecule has 0 bridgehead atoms. The van der Waals surface area contributed by atoms with Crippen molar-refractivity contribution in [3.05, 3.63) is 59.1 Å². The molecule has 2 amide bonds. The number of nitrogens with zero attached hydrogens (tertiary/aromatic N) is 1. The minimum Gasteiger partial charge on any atom is -0.379 e. The zero-order valence-electron chi connectivity index (χ0n) is 16.8. The fourth-order valence-electron chi connectivity index (χ4n) is 3.02. The van der Waals surface area contributed by atoms with Gasteiger partial charge in [0.2, 0.25) is 15.9 Å². The first-order valence-corrected chi connectivity index (χ1v) is 11.7. The second-order valence-electron chi connectivity index (χ2n) is 6.96. The fourth-order valence-corrected chi connectivity index (χ4v) is 4.56. The summed E-state index contributed by atoms with van der Waals surface area (Å²) in [5, 5.41) is 6.04. The third kappa shape index (κ3) is 6.51. The van der Waals surface area contributed by atoms with E-state index in [1.54, 1.807) is 36.4 Å². The molecule has 0 saturated carbocycles. The fraction of sp³-hybridized carbons (Fsp3) is 0.333. The molecule has 1 heterocycles. The van der Waals surface area contributed by atoms with E-state index < -0.39 is 10.0 Å². The quantitative estimate of drug-likeness (QED) is 0.583. The predicted octanol–water partition coefficient (Wildman–Crippen LogP) is 2.51. The Morgan fingerprint density at radius 1 is 1.00 bits per heavy atom. The minimum absolute atomic E-state index is 0.178. The monoisotopic (exact) mass is 465 g/mol. The number of benzene rings is 2. The van der Waals surface area contributed by atoms with Crippen molar-refractivity contribution in [3.8, 4) is 0 Å². The summed E-state index contributed by atoms with van der Waals surface area (Å²) in [7, 11) is -3.57. The number of morpholine rings is 1. The maximum Gasteiger partial charge on any atom is 0.251 e. The number of sulfonamides is 1. The van der Waals surface area contributed by atoms with Crippen LogP contribution in [0.15, 0.2) is 53.4 Å². The number of carbonyl (C=O) groups is 2. The lowest BCUT2D eigenvalue weighted by Crippen LogP contribution is -2.40. The van der Waals surface area contributed by atoms with Gasteiger partial charge in [-0.2, -0.15) is 4.31 Å². The number of amides is 2. The van der Waals surface area contributed by atoms with Crippen molar-refractivity contribution < 1.29 is 22.7 Å². The maximum absolute atomic E-state index is 12.6. The Morgan fingerprint density at radius 2 is 1.65 bits per heavy atom. The molecule has 2 aromatic rings. The number of hydrogen-bond donors (Lipinski definition) is 2. The molecule has 0 spiro atoms. The molecule has 1 fully saturated rings. The average molecular weight is 466 g/mol. The first kappa shape index (κ1) is 23.2. The van der Waals surface area contributed by atoms with Gasteiger partial charge in [0.15, 0.2) is 0 Å². The molecule has 2 N–H and O–H groups in total. The first-order chi connectivity index (χ1) is 14.9. The van der Waals surface area contributed by atoms with Crippen LogP contribution in [0.3, 0.4) is 0 Å². The SMILES string of the molecule is O=C(CCCNC(=O)c1ccc(Cl)cc1)Nc1ccc(S(=O)(=O)N2CCOCC2)cc1. The maximum atomic E-state index is 12.6. The lowest BCUT2D eigenvalue weighted by molar-refractivity contribution is -0.116. The van der Waals surface area contributed by atoms with E-state index in [2.05, 4.69) is 10.6 Å². The molecule has 1 saturated heterocycles. The smallest absolute Gasteiger partial charge is 0.251 e. The first-order valence-electron chi connectivity index (χ1n) is 9.88. The van der Waals surface area contributed by atoms with Crippen molar-refractivity contribution in [2.45, 2.75) is 17.7 Å². The molecule has 1 aliphatic rings. The van der Waals surface area contributed by atoms with Crippen molar-refractivity contribution in [2.75, 3.05) is 38.2 Å². The van der Waals surface area contributed by atoms with Gasteiger partial charge in [-0.15, -0.1) is 0 Å². The Hall–Kier alpha value is -2.46. The van der Waals surface area contributed by atoms with Gasteiger partial charge < -0.3 is 15.4 Å². The molecular weight excluding hydrogens is 442 g/mol. The summed E-state index contributed by atoms with van der Waals surface area (Å²) in [6.45, 7) is 1.78. The zero-order valence-corrected chi connectivity index (χ0v) is 18.4. The summed E-state index contributed by atoms with van der Waals surface area (Å²) in [5.74, 6) is -0.446. The minimum atomic E-state index is -3.57. The molecule has 8 nitrogen and oxygen atoms in total. The molecular formula is C21H24ClN3O5S. The van der Waals surface area contributed by atoms with Crippen LogP contribution in [0.1, 0.15) is 23.2 Å². The summed E-state index contributed by atoms with van der Waals surface area (Å²) in [6.07, 6.45) is 0.684. The Balaban J connectivity index is 1.43. The summed E-state index contributed by atoms with van der Waals surface area (Å²) < 4.78 is 31.8. The highest BCUT2D eigenvalue weighted by atomic mass is 35.5. The molecule has 0 aromatic heterocycles. The van der Waals surface area contributed by atoms with Crippen LogP contribution in [0.4, 0.5) is 5.69 Å². The number of ether oxygens (including phenoxy) is 1. The topological polar surface area (TPSA) is 105 Å². The number of rotatable bonds is 8. The summed E-state index contributed by atoms with van der Waals surface area (Å²) in [4.78, 5) is 24.3. The zero-order chi connectivity index (χ0) is 22.3. The van der Waals surface area contributed by atoms with Gasteiger partial charge in [-0.25, -0.2) is 8.42 Å². The lowest BCUT2D eigenvalue weighted by atomic mass is 10.2. The van der Waals surface area contributed by atoms with Crippen LogP contribution >= 0.6 is 11.6 Å². The molecule has 31 heavy (non-hydrogen) atoms. The van der Waals surface area contributed by atoms with Gasteiger partial charge in [-0.3, -0.25) is 9.59 Å². The highest BCUT2D eigenvalue weighted by Crippen LogP contribution is 2.19. The van der Waals surface area contributed by atoms with Crippen molar-refractivity contribution in [1.82, 2.24) is 9.62 Å². The van der Waals surface area contributed by atoms with Crippen LogP contribution < -0.4 is 10.6 Å². The van der Waals surface area contributed by atoms with E-state index in [0.717, 1.165) is 0 Å². The molecule has 0 aliphatic carbocycles. The summed E-state index contributed by atoms with van der Waals surface area (Å²) in [6, 6.07) is 12.6. The van der Waals surface area contributed by atoms with E-state index in [1.807, 2.05) is 0 Å². The predicted molar refractivity (Wildman–Crippen MR) is 118 cm³/mol. The number of anilines is 1. The third-order valence-corrected chi connectivity index (χ3v) is 6.88. The van der Waals surface area contributed by atoms with Crippen LogP contribution in [0.25, 0.3) is 0 Å². The Bertz CT molecular complexity index is 1000. The summed E-state index contributed by atoms with van der Waals surface area (Å²) >= 11 is 5.80. The van der Waals surface area contributed by atoms with Crippen LogP contribution in [-0.4, -0.2) is 57.4 Å². The van der Waals surface area contributed by atoms with E-state index in [9.17, 15) is 18.0 Å². The highest BCUT2D eigenvalue weighted by molar-refractivity contribution is 7.89. The molecule has 3 rings (SSSR count). The van der Waals surface area contributed by atoms with Gasteiger partial charge in [0.05, 0.1) is 18.1 Å². The van der Waals surface area contributed by atoms with Crippen LogP contribution in [0.2, 0.25) is 5.02 Å². The molecule has 0 radical (unpaired) electrons. The second-order valence-corrected chi connectivity index (χ2v) is 9.33. The standard InChI is InChI=1S/C21H24ClN3O5S/c22-17-5-3-16(4-6-17)21(27)23-11-1-2-20(26)24-18-7-9-19(10-8-18)31(28,29)25-12-14-30-15-13-25/h3-10H,1-2,11-15H2,(H,23,27)(H,24,26). The Labute approximate surface area is 186 Å². The number of nitrogens with one attached hydrogen (secondary N) is 2. The average Bonchev–Trinajstić information content (AvgIpc) is 2.78. The molecule has 2 aromatic carbocycles. The van der Waals surface area contributed by atoms with Gasteiger partial charge in [-0.1, -0.05) is 11.6 Å². The van der Waals surface area contributed by atoms with E-state index in [-0.39, 0.29) is 23.1 Å². The number of carbonyl (C=O) groups excluding carboxylic acids is 2. The molecule has 166 valence electrons. The Morgan fingerprint density at radius 3 is 2.29 bits per heavy atom. The van der Waals surface area contributed by atoms with Gasteiger partial charge in [0, 0.05) is 42.3 Å². The molecule has 0 unspecified atom stereocenters. The van der Waals surface area contributed by atoms with Crippen LogP contribution in [0.5, 0.6) is 0 Å². The largest absolute Gasteiger partial charge is 0.379 e. The molecule has 0 atom stereocenters. The van der Waals surface area contributed by atoms with Crippen molar-refractivity contribution in [2.24, 2.45) is 0 Å². The van der Waals surface area contributed by atoms with E-state index in [0.29, 0.717) is 55.5 Å². The van der Waals surface area contributed by atoms with Gasteiger partial charge >= 0.3 is 0 Å². The van der Waals surface area contributed by atoms with Gasteiger partial charge in [0.1, 0.15) is 0 Å². The van der Waals surface area contributed by atoms with Crippen LogP contribution in [-0.2, 0) is 19.6 Å². The highest BCUT2D eigenvalue weighted by Gasteiger charge is 2.26. The molecule has 1 aliphatic heterocycles. The Kier molecular flexibility index (Phi) is 8.03. The second kappa shape index (κ2) is 10.7. The van der Waals surface area contributed by atoms with Crippen molar-refractivity contribution >= 4 is 39.1 Å². The third-order valence-electron chi connectivity index (χ3n) is 4.72. The van der Waals surface area contributed by atoms with E-state index in [1.165, 1.54) is 16.4 Å². The van der Waals surface area contributed by atoms with E-state index in [4.69, 9.17) is 16.3 Å². The van der Waals surface area contributed by atoms with Gasteiger partial charge in [-0.05, 0) is 55.0 Å². The van der Waals surface area contributed by atoms with Crippen molar-refractivity contribution in [1.29, 1.82) is 0 Å². The van der Waals surface area contributed by atoms with Crippen molar-refractivity contribution in [3.63, 3.8) is 0 Å². The van der Waals surface area contributed by atoms with Crippen LogP contribution in [0, 0.1) is 0 Å². The molecule has 10 heteroatoms. The van der Waals surface area contributed by atoms with Gasteiger partial charge in [0.25, 0.3) is 5.91 Å². The number of hydrogen-bond acceptors (Lipinski definition) is 5. The normalized spacial score (nSPS) is 14.7. The number of halogens is 1. The van der Waals surface area contributed by atoms with E-state index >= 15 is 0 Å².